The molecular weight excluding hydrogens is 468 g/mol. The van der Waals surface area contributed by atoms with Gasteiger partial charge >= 0.3 is 0 Å². The molecule has 0 radical (unpaired) electrons. The molecule has 1 amide bonds. The predicted molar refractivity (Wildman–Crippen MR) is 137 cm³/mol. The zero-order valence-corrected chi connectivity index (χ0v) is 21.0. The van der Waals surface area contributed by atoms with Gasteiger partial charge in [-0.3, -0.25) is 4.79 Å². The van der Waals surface area contributed by atoms with E-state index in [-0.39, 0.29) is 17.2 Å². The van der Waals surface area contributed by atoms with E-state index < -0.39 is 10.0 Å². The van der Waals surface area contributed by atoms with Crippen LogP contribution in [0.25, 0.3) is 11.3 Å². The Balaban J connectivity index is 1.43. The highest BCUT2D eigenvalue weighted by Crippen LogP contribution is 2.23. The third-order valence-electron chi connectivity index (χ3n) is 5.71. The van der Waals surface area contributed by atoms with Gasteiger partial charge in [0.1, 0.15) is 5.84 Å². The van der Waals surface area contributed by atoms with Gasteiger partial charge in [0.05, 0.1) is 22.0 Å². The maximum absolute atomic E-state index is 12.9. The first-order valence-electron chi connectivity index (χ1n) is 11.3. The SMILES string of the molecule is Cc1nc(-c2ccc(CC(=O)Nc3cccc(S(=O)(=O)/N=C4\CCCCCN4C)c3)cc2)cs1. The highest BCUT2D eigenvalue weighted by molar-refractivity contribution is 7.90. The standard InChI is InChI=1S/C25H28N4O3S2/c1-18-26-23(17-33-18)20-12-10-19(11-13-20)15-25(30)27-21-7-6-8-22(16-21)34(31,32)28-24-9-4-3-5-14-29(24)2/h6-8,10-13,16-17H,3-5,9,14-15H2,1-2H3,(H,27,30)/b28-24+. The normalized spacial score (nSPS) is 15.8. The number of aromatic nitrogens is 1. The van der Waals surface area contributed by atoms with Crippen LogP contribution >= 0.6 is 11.3 Å². The number of anilines is 1. The van der Waals surface area contributed by atoms with Crippen molar-refractivity contribution in [1.29, 1.82) is 0 Å². The number of thiazole rings is 1. The van der Waals surface area contributed by atoms with Crippen molar-refractivity contribution >= 4 is 38.8 Å². The number of hydrogen-bond acceptors (Lipinski definition) is 5. The fraction of sp³-hybridized carbons (Fsp3) is 0.320. The number of amides is 1. The largest absolute Gasteiger partial charge is 0.362 e. The number of nitrogens with zero attached hydrogens (tertiary/aromatic N) is 3. The zero-order chi connectivity index (χ0) is 24.1. The van der Waals surface area contributed by atoms with Gasteiger partial charge in [0.15, 0.2) is 0 Å². The first-order valence-corrected chi connectivity index (χ1v) is 13.6. The summed E-state index contributed by atoms with van der Waals surface area (Å²) in [6, 6.07) is 14.0. The topological polar surface area (TPSA) is 91.7 Å². The number of benzene rings is 2. The van der Waals surface area contributed by atoms with Crippen molar-refractivity contribution in [2.24, 2.45) is 4.40 Å². The highest BCUT2D eigenvalue weighted by atomic mass is 32.2. The summed E-state index contributed by atoms with van der Waals surface area (Å²) in [4.78, 5) is 19.1. The van der Waals surface area contributed by atoms with E-state index in [2.05, 4.69) is 14.7 Å². The predicted octanol–water partition coefficient (Wildman–Crippen LogP) is 4.89. The summed E-state index contributed by atoms with van der Waals surface area (Å²) in [5.74, 6) is 0.366. The fourth-order valence-corrected chi connectivity index (χ4v) is 5.61. The van der Waals surface area contributed by atoms with Gasteiger partial charge in [-0.15, -0.1) is 15.7 Å². The maximum Gasteiger partial charge on any atom is 0.284 e. The molecule has 4 rings (SSSR count). The molecule has 1 aliphatic heterocycles. The second kappa shape index (κ2) is 10.5. The van der Waals surface area contributed by atoms with Crippen LogP contribution in [0.3, 0.4) is 0 Å². The average Bonchev–Trinajstić information content (AvgIpc) is 3.14. The van der Waals surface area contributed by atoms with Crippen LogP contribution < -0.4 is 5.32 Å². The van der Waals surface area contributed by atoms with Crippen LogP contribution in [-0.2, 0) is 21.2 Å². The lowest BCUT2D eigenvalue weighted by molar-refractivity contribution is -0.115. The van der Waals surface area contributed by atoms with Gasteiger partial charge in [0.25, 0.3) is 10.0 Å². The van der Waals surface area contributed by atoms with Crippen LogP contribution in [0.4, 0.5) is 5.69 Å². The molecule has 9 heteroatoms. The van der Waals surface area contributed by atoms with Gasteiger partial charge in [-0.2, -0.15) is 8.42 Å². The maximum atomic E-state index is 12.9. The second-order valence-corrected chi connectivity index (χ2v) is 11.1. The number of carbonyl (C=O) groups excluding carboxylic acids is 1. The van der Waals surface area contributed by atoms with Crippen molar-refractivity contribution in [2.45, 2.75) is 43.9 Å². The van der Waals surface area contributed by atoms with Gasteiger partial charge in [-0.1, -0.05) is 36.8 Å². The van der Waals surface area contributed by atoms with Crippen molar-refractivity contribution in [3.8, 4) is 11.3 Å². The number of likely N-dealkylation sites (tertiary alicyclic amines) is 1. The molecule has 7 nitrogen and oxygen atoms in total. The minimum Gasteiger partial charge on any atom is -0.362 e. The first-order chi connectivity index (χ1) is 16.3. The molecule has 0 bridgehead atoms. The molecule has 2 heterocycles. The number of rotatable bonds is 6. The van der Waals surface area contributed by atoms with Gasteiger partial charge in [-0.25, -0.2) is 4.98 Å². The molecule has 34 heavy (non-hydrogen) atoms. The Morgan fingerprint density at radius 2 is 1.94 bits per heavy atom. The Labute approximate surface area is 204 Å². The summed E-state index contributed by atoms with van der Waals surface area (Å²) in [5.41, 5.74) is 3.22. The van der Waals surface area contributed by atoms with Crippen molar-refractivity contribution in [3.63, 3.8) is 0 Å². The number of aryl methyl sites for hydroxylation is 1. The smallest absolute Gasteiger partial charge is 0.284 e. The Morgan fingerprint density at radius 1 is 1.15 bits per heavy atom. The van der Waals surface area contributed by atoms with Crippen molar-refractivity contribution < 1.29 is 13.2 Å². The summed E-state index contributed by atoms with van der Waals surface area (Å²) < 4.78 is 29.9. The van der Waals surface area contributed by atoms with E-state index in [0.717, 1.165) is 47.6 Å². The monoisotopic (exact) mass is 496 g/mol. The lowest BCUT2D eigenvalue weighted by atomic mass is 10.1. The molecule has 0 spiro atoms. The number of nitrogens with one attached hydrogen (secondary N) is 1. The number of sulfonamides is 1. The molecule has 0 aliphatic carbocycles. The van der Waals surface area contributed by atoms with E-state index in [0.29, 0.717) is 17.9 Å². The average molecular weight is 497 g/mol. The van der Waals surface area contributed by atoms with E-state index in [1.54, 1.807) is 23.5 Å². The van der Waals surface area contributed by atoms with Crippen LogP contribution in [0.15, 0.2) is 63.2 Å². The Hall–Kier alpha value is -3.04. The minimum absolute atomic E-state index is 0.0679. The van der Waals surface area contributed by atoms with E-state index in [4.69, 9.17) is 0 Å². The molecule has 1 fully saturated rings. The van der Waals surface area contributed by atoms with Gasteiger partial charge < -0.3 is 10.2 Å². The molecule has 3 aromatic rings. The summed E-state index contributed by atoms with van der Waals surface area (Å²) in [6.45, 7) is 2.77. The van der Waals surface area contributed by atoms with E-state index in [9.17, 15) is 13.2 Å². The van der Waals surface area contributed by atoms with E-state index in [1.165, 1.54) is 12.1 Å². The van der Waals surface area contributed by atoms with Crippen LogP contribution in [-0.4, -0.2) is 43.6 Å². The fourth-order valence-electron chi connectivity index (χ4n) is 3.85. The van der Waals surface area contributed by atoms with E-state index in [1.807, 2.05) is 48.5 Å². The summed E-state index contributed by atoms with van der Waals surface area (Å²) in [7, 11) is -1.99. The minimum atomic E-state index is -3.87. The molecule has 0 unspecified atom stereocenters. The first kappa shape index (κ1) is 24.1. The molecule has 1 aliphatic rings. The van der Waals surface area contributed by atoms with Gasteiger partial charge in [0, 0.05) is 36.6 Å². The molecule has 178 valence electrons. The lowest BCUT2D eigenvalue weighted by Crippen LogP contribution is -2.26. The van der Waals surface area contributed by atoms with E-state index >= 15 is 0 Å². The third kappa shape index (κ3) is 6.09. The van der Waals surface area contributed by atoms with Crippen LogP contribution in [0.2, 0.25) is 0 Å². The second-order valence-electron chi connectivity index (χ2n) is 8.42. The Bertz CT molecular complexity index is 1300. The summed E-state index contributed by atoms with van der Waals surface area (Å²) in [5, 5.41) is 5.82. The van der Waals surface area contributed by atoms with Crippen molar-refractivity contribution in [1.82, 2.24) is 9.88 Å². The van der Waals surface area contributed by atoms with Crippen LogP contribution in [0.5, 0.6) is 0 Å². The third-order valence-corrected chi connectivity index (χ3v) is 7.78. The number of hydrogen-bond donors (Lipinski definition) is 1. The van der Waals surface area contributed by atoms with Gasteiger partial charge in [-0.05, 0) is 43.5 Å². The molecule has 0 atom stereocenters. The Kier molecular flexibility index (Phi) is 7.43. The highest BCUT2D eigenvalue weighted by Gasteiger charge is 2.19. The molecule has 1 saturated heterocycles. The molecular formula is C25H28N4O3S2. The van der Waals surface area contributed by atoms with Gasteiger partial charge in [0.2, 0.25) is 5.91 Å². The molecule has 1 aromatic heterocycles. The van der Waals surface area contributed by atoms with Crippen molar-refractivity contribution in [3.05, 3.63) is 64.5 Å². The molecule has 1 N–H and O–H groups in total. The number of amidine groups is 1. The van der Waals surface area contributed by atoms with Crippen LogP contribution in [0.1, 0.15) is 36.3 Å². The molecule has 2 aromatic carbocycles. The summed E-state index contributed by atoms with van der Waals surface area (Å²) in [6.07, 6.45) is 3.86. The lowest BCUT2D eigenvalue weighted by Gasteiger charge is -2.17. The molecule has 0 saturated carbocycles. The number of carbonyl (C=O) groups is 1. The quantitative estimate of drug-likeness (QED) is 0.524. The van der Waals surface area contributed by atoms with Crippen molar-refractivity contribution in [2.75, 3.05) is 18.9 Å². The summed E-state index contributed by atoms with van der Waals surface area (Å²) >= 11 is 1.60. The van der Waals surface area contributed by atoms with Crippen LogP contribution in [0, 0.1) is 6.92 Å². The Morgan fingerprint density at radius 3 is 2.68 bits per heavy atom. The zero-order valence-electron chi connectivity index (χ0n) is 19.3.